The number of nitrogens with zero attached hydrogens (tertiary/aromatic N) is 3. The molecule has 1 N–H and O–H groups in total. The lowest BCUT2D eigenvalue weighted by Gasteiger charge is -2.31. The molecule has 1 aliphatic rings. The summed E-state index contributed by atoms with van der Waals surface area (Å²) in [5.74, 6) is 1.12. The predicted molar refractivity (Wildman–Crippen MR) is 83.7 cm³/mol. The average molecular weight is 278 g/mol. The molecule has 0 radical (unpaired) electrons. The number of rotatable bonds is 7. The van der Waals surface area contributed by atoms with Crippen LogP contribution in [-0.2, 0) is 7.05 Å². The zero-order valence-electron chi connectivity index (χ0n) is 13.3. The van der Waals surface area contributed by atoms with E-state index in [4.69, 9.17) is 0 Å². The Morgan fingerprint density at radius 2 is 2.15 bits per heavy atom. The average Bonchev–Trinajstić information content (AvgIpc) is 2.90. The van der Waals surface area contributed by atoms with Gasteiger partial charge in [0, 0.05) is 25.5 Å². The molecular formula is C16H30N4. The fourth-order valence-corrected chi connectivity index (χ4v) is 3.24. The smallest absolute Gasteiger partial charge is 0.125 e. The summed E-state index contributed by atoms with van der Waals surface area (Å²) in [6.45, 7) is 4.45. The van der Waals surface area contributed by atoms with E-state index in [1.807, 2.05) is 12.4 Å². The first-order valence-corrected chi connectivity index (χ1v) is 8.09. The Hall–Kier alpha value is -0.870. The van der Waals surface area contributed by atoms with Gasteiger partial charge in [0.2, 0.25) is 0 Å². The molecule has 1 atom stereocenters. The summed E-state index contributed by atoms with van der Waals surface area (Å²) in [5, 5.41) is 3.57. The molecule has 0 amide bonds. The zero-order valence-corrected chi connectivity index (χ0v) is 13.3. The molecule has 4 heteroatoms. The van der Waals surface area contributed by atoms with Crippen molar-refractivity contribution < 1.29 is 0 Å². The van der Waals surface area contributed by atoms with Gasteiger partial charge in [-0.15, -0.1) is 0 Å². The van der Waals surface area contributed by atoms with E-state index in [1.165, 1.54) is 45.1 Å². The molecule has 1 heterocycles. The minimum Gasteiger partial charge on any atom is -0.337 e. The third-order valence-electron chi connectivity index (χ3n) is 4.58. The van der Waals surface area contributed by atoms with Crippen molar-refractivity contribution in [2.75, 3.05) is 20.1 Å². The van der Waals surface area contributed by atoms with E-state index in [2.05, 4.69) is 40.8 Å². The van der Waals surface area contributed by atoms with Gasteiger partial charge in [0.05, 0.1) is 6.04 Å². The van der Waals surface area contributed by atoms with Crippen LogP contribution in [0.15, 0.2) is 12.4 Å². The van der Waals surface area contributed by atoms with Crippen LogP contribution >= 0.6 is 0 Å². The zero-order chi connectivity index (χ0) is 14.4. The second-order valence-corrected chi connectivity index (χ2v) is 6.20. The van der Waals surface area contributed by atoms with Gasteiger partial charge in [-0.25, -0.2) is 4.98 Å². The third kappa shape index (κ3) is 4.32. The molecule has 4 nitrogen and oxygen atoms in total. The Kier molecular flexibility index (Phi) is 6.05. The fraction of sp³-hybridized carbons (Fsp3) is 0.812. The lowest BCUT2D eigenvalue weighted by molar-refractivity contribution is 0.189. The maximum Gasteiger partial charge on any atom is 0.125 e. The van der Waals surface area contributed by atoms with Crippen molar-refractivity contribution in [2.45, 2.75) is 57.5 Å². The molecule has 1 fully saturated rings. The van der Waals surface area contributed by atoms with Crippen LogP contribution in [0.1, 0.15) is 57.3 Å². The topological polar surface area (TPSA) is 33.1 Å². The summed E-state index contributed by atoms with van der Waals surface area (Å²) in [6, 6.07) is 1.16. The number of nitrogens with one attached hydrogen (secondary N) is 1. The van der Waals surface area contributed by atoms with E-state index >= 15 is 0 Å². The number of hydrogen-bond donors (Lipinski definition) is 1. The van der Waals surface area contributed by atoms with Crippen LogP contribution in [0.3, 0.4) is 0 Å². The molecule has 0 aliphatic heterocycles. The van der Waals surface area contributed by atoms with Crippen LogP contribution in [0, 0.1) is 0 Å². The minimum atomic E-state index is 0.329. The van der Waals surface area contributed by atoms with Crippen LogP contribution in [0.2, 0.25) is 0 Å². The molecule has 1 aromatic heterocycles. The normalized spacial score (nSPS) is 18.6. The van der Waals surface area contributed by atoms with Crippen molar-refractivity contribution >= 4 is 0 Å². The largest absolute Gasteiger partial charge is 0.337 e. The van der Waals surface area contributed by atoms with E-state index in [1.54, 1.807) is 0 Å². The molecule has 1 unspecified atom stereocenters. The number of hydrogen-bond acceptors (Lipinski definition) is 3. The van der Waals surface area contributed by atoms with E-state index < -0.39 is 0 Å². The maximum absolute atomic E-state index is 4.39. The number of aromatic nitrogens is 2. The van der Waals surface area contributed by atoms with Crippen LogP contribution in [0.4, 0.5) is 0 Å². The minimum absolute atomic E-state index is 0.329. The van der Waals surface area contributed by atoms with Gasteiger partial charge in [-0.1, -0.05) is 19.3 Å². The van der Waals surface area contributed by atoms with Crippen LogP contribution in [-0.4, -0.2) is 40.6 Å². The molecule has 0 bridgehead atoms. The molecule has 1 aliphatic carbocycles. The van der Waals surface area contributed by atoms with Crippen LogP contribution < -0.4 is 5.32 Å². The molecule has 1 aromatic rings. The van der Waals surface area contributed by atoms with Crippen molar-refractivity contribution in [3.05, 3.63) is 18.2 Å². The Morgan fingerprint density at radius 3 is 2.80 bits per heavy atom. The van der Waals surface area contributed by atoms with Crippen molar-refractivity contribution in [3.8, 4) is 0 Å². The van der Waals surface area contributed by atoms with Crippen molar-refractivity contribution in [1.82, 2.24) is 19.8 Å². The van der Waals surface area contributed by atoms with E-state index in [9.17, 15) is 0 Å². The number of imidazole rings is 1. The molecule has 0 aromatic carbocycles. The van der Waals surface area contributed by atoms with Gasteiger partial charge >= 0.3 is 0 Å². The van der Waals surface area contributed by atoms with Gasteiger partial charge < -0.3 is 14.8 Å². The second kappa shape index (κ2) is 7.79. The fourth-order valence-electron chi connectivity index (χ4n) is 3.24. The van der Waals surface area contributed by atoms with Gasteiger partial charge in [0.1, 0.15) is 5.82 Å². The summed E-state index contributed by atoms with van der Waals surface area (Å²) in [6.07, 6.45) is 12.2. The first-order chi connectivity index (χ1) is 9.68. The van der Waals surface area contributed by atoms with Gasteiger partial charge in [0.25, 0.3) is 0 Å². The molecule has 1 saturated carbocycles. The quantitative estimate of drug-likeness (QED) is 0.779. The van der Waals surface area contributed by atoms with Crippen LogP contribution in [0.5, 0.6) is 0 Å². The van der Waals surface area contributed by atoms with Gasteiger partial charge in [0.15, 0.2) is 0 Å². The van der Waals surface area contributed by atoms with Gasteiger partial charge in [-0.2, -0.15) is 0 Å². The molecular weight excluding hydrogens is 248 g/mol. The monoisotopic (exact) mass is 278 g/mol. The van der Waals surface area contributed by atoms with E-state index in [0.29, 0.717) is 6.04 Å². The van der Waals surface area contributed by atoms with Crippen molar-refractivity contribution in [3.63, 3.8) is 0 Å². The molecule has 114 valence electrons. The highest BCUT2D eigenvalue weighted by Gasteiger charge is 2.17. The molecule has 0 spiro atoms. The Balaban J connectivity index is 1.62. The van der Waals surface area contributed by atoms with Crippen LogP contribution in [0.25, 0.3) is 0 Å². The molecule has 0 saturated heterocycles. The summed E-state index contributed by atoms with van der Waals surface area (Å²) in [4.78, 5) is 6.95. The highest BCUT2D eigenvalue weighted by molar-refractivity contribution is 4.96. The van der Waals surface area contributed by atoms with Crippen molar-refractivity contribution in [2.24, 2.45) is 7.05 Å². The first kappa shape index (κ1) is 15.5. The Bertz CT molecular complexity index is 382. The maximum atomic E-state index is 4.39. The summed E-state index contributed by atoms with van der Waals surface area (Å²) >= 11 is 0. The summed E-state index contributed by atoms with van der Waals surface area (Å²) in [7, 11) is 4.34. The van der Waals surface area contributed by atoms with E-state index in [0.717, 1.165) is 18.4 Å². The highest BCUT2D eigenvalue weighted by Crippen LogP contribution is 2.21. The second-order valence-electron chi connectivity index (χ2n) is 6.20. The van der Waals surface area contributed by atoms with E-state index in [-0.39, 0.29) is 0 Å². The summed E-state index contributed by atoms with van der Waals surface area (Å²) < 4.78 is 2.09. The Morgan fingerprint density at radius 1 is 1.40 bits per heavy atom. The molecule has 2 rings (SSSR count). The van der Waals surface area contributed by atoms with Gasteiger partial charge in [-0.05, 0) is 46.3 Å². The SMILES string of the molecule is CC(NCCCN(C)C1CCCCC1)c1nccn1C. The standard InChI is InChI=1S/C16H30N4/c1-14(16-18-11-13-20(16)3)17-10-7-12-19(2)15-8-5-4-6-9-15/h11,13-15,17H,4-10,12H2,1-3H3. The number of aryl methyl sites for hydroxylation is 1. The lowest BCUT2D eigenvalue weighted by atomic mass is 9.94. The molecule has 20 heavy (non-hydrogen) atoms. The predicted octanol–water partition coefficient (Wildman–Crippen LogP) is 2.73. The highest BCUT2D eigenvalue weighted by atomic mass is 15.1. The lowest BCUT2D eigenvalue weighted by Crippen LogP contribution is -2.35. The van der Waals surface area contributed by atoms with Crippen molar-refractivity contribution in [1.29, 1.82) is 0 Å². The van der Waals surface area contributed by atoms with Gasteiger partial charge in [-0.3, -0.25) is 0 Å². The third-order valence-corrected chi connectivity index (χ3v) is 4.58. The summed E-state index contributed by atoms with van der Waals surface area (Å²) in [5.41, 5.74) is 0. The first-order valence-electron chi connectivity index (χ1n) is 8.09. The Labute approximate surface area is 123 Å².